The number of likely N-dealkylation sites (tertiary alicyclic amines) is 1. The van der Waals surface area contributed by atoms with Crippen LogP contribution in [0.1, 0.15) is 40.0 Å². The van der Waals surface area contributed by atoms with Gasteiger partial charge in [-0.25, -0.2) is 0 Å². The molecule has 0 aliphatic carbocycles. The smallest absolute Gasteiger partial charge is 0.0597 e. The lowest BCUT2D eigenvalue weighted by molar-refractivity contribution is 0.0309. The molecule has 2 rings (SSSR count). The predicted octanol–water partition coefficient (Wildman–Crippen LogP) is 2.60. The number of hydrogen-bond donors (Lipinski definition) is 1. The van der Waals surface area contributed by atoms with E-state index in [1.165, 1.54) is 37.3 Å². The third-order valence-corrected chi connectivity index (χ3v) is 6.39. The summed E-state index contributed by atoms with van der Waals surface area (Å²) in [5.41, 5.74) is 6.68. The maximum atomic E-state index is 6.10. The molecule has 0 radical (unpaired) electrons. The molecule has 0 spiro atoms. The molecule has 2 N–H and O–H groups in total. The minimum atomic E-state index is 0.286. The largest absolute Gasteiger partial charge is 0.377 e. The molecule has 2 saturated heterocycles. The second-order valence-corrected chi connectivity index (χ2v) is 8.67. The van der Waals surface area contributed by atoms with Crippen molar-refractivity contribution in [1.82, 2.24) is 4.90 Å². The van der Waals surface area contributed by atoms with Crippen molar-refractivity contribution in [3.05, 3.63) is 0 Å². The van der Waals surface area contributed by atoms with Crippen LogP contribution < -0.4 is 5.73 Å². The molecule has 1 atom stereocenters. The molecule has 0 bridgehead atoms. The summed E-state index contributed by atoms with van der Waals surface area (Å²) in [5, 5.41) is 0. The van der Waals surface area contributed by atoms with Crippen LogP contribution >= 0.6 is 11.8 Å². The van der Waals surface area contributed by atoms with Gasteiger partial charge in [0.1, 0.15) is 0 Å². The standard InChI is InChI=1S/C16H32N2OS/c1-15(2,3)16(12-17)6-7-18(13-16)8-9-19-14-4-10-20-11-5-14/h14H,4-13,17H2,1-3H3. The molecule has 2 fully saturated rings. The fraction of sp³-hybridized carbons (Fsp3) is 1.00. The second-order valence-electron chi connectivity index (χ2n) is 7.44. The Kier molecular flexibility index (Phi) is 5.80. The third kappa shape index (κ3) is 3.90. The summed E-state index contributed by atoms with van der Waals surface area (Å²) in [5.74, 6) is 2.55. The Hall–Kier alpha value is 0.230. The zero-order valence-electron chi connectivity index (χ0n) is 13.5. The number of hydrogen-bond acceptors (Lipinski definition) is 4. The van der Waals surface area contributed by atoms with E-state index in [0.29, 0.717) is 6.10 Å². The molecule has 0 aromatic carbocycles. The molecule has 0 aromatic rings. The van der Waals surface area contributed by atoms with Gasteiger partial charge >= 0.3 is 0 Å². The van der Waals surface area contributed by atoms with E-state index in [2.05, 4.69) is 37.4 Å². The first-order valence-corrected chi connectivity index (χ1v) is 9.24. The molecule has 3 nitrogen and oxygen atoms in total. The third-order valence-electron chi connectivity index (χ3n) is 5.34. The Morgan fingerprint density at radius 1 is 1.30 bits per heavy atom. The van der Waals surface area contributed by atoms with Crippen molar-refractivity contribution in [2.45, 2.75) is 46.1 Å². The summed E-state index contributed by atoms with van der Waals surface area (Å²) in [6, 6.07) is 0. The highest BCUT2D eigenvalue weighted by Crippen LogP contribution is 2.45. The van der Waals surface area contributed by atoms with Gasteiger partial charge in [-0.3, -0.25) is 0 Å². The van der Waals surface area contributed by atoms with Crippen molar-refractivity contribution in [2.24, 2.45) is 16.6 Å². The maximum Gasteiger partial charge on any atom is 0.0597 e. The van der Waals surface area contributed by atoms with Gasteiger partial charge in [0.25, 0.3) is 0 Å². The molecular formula is C16H32N2OS. The quantitative estimate of drug-likeness (QED) is 0.847. The van der Waals surface area contributed by atoms with Gasteiger partial charge in [-0.2, -0.15) is 11.8 Å². The Bertz CT molecular complexity index is 299. The molecule has 1 unspecified atom stereocenters. The Labute approximate surface area is 129 Å². The Balaban J connectivity index is 1.73. The Morgan fingerprint density at radius 2 is 2.00 bits per heavy atom. The molecule has 2 aliphatic rings. The summed E-state index contributed by atoms with van der Waals surface area (Å²) in [6.45, 7) is 12.1. The van der Waals surface area contributed by atoms with Crippen molar-refractivity contribution >= 4 is 11.8 Å². The first-order chi connectivity index (χ1) is 9.47. The molecule has 2 heterocycles. The number of ether oxygens (including phenoxy) is 1. The van der Waals surface area contributed by atoms with Crippen LogP contribution in [0.15, 0.2) is 0 Å². The van der Waals surface area contributed by atoms with Gasteiger partial charge in [0.05, 0.1) is 12.7 Å². The van der Waals surface area contributed by atoms with Gasteiger partial charge in [0.15, 0.2) is 0 Å². The van der Waals surface area contributed by atoms with Gasteiger partial charge in [0, 0.05) is 18.5 Å². The van der Waals surface area contributed by atoms with Crippen LogP contribution in [0.5, 0.6) is 0 Å². The van der Waals surface area contributed by atoms with Crippen LogP contribution in [0.4, 0.5) is 0 Å². The predicted molar refractivity (Wildman–Crippen MR) is 88.3 cm³/mol. The molecule has 2 aliphatic heterocycles. The summed E-state index contributed by atoms with van der Waals surface area (Å²) in [4.78, 5) is 2.55. The van der Waals surface area contributed by atoms with Crippen molar-refractivity contribution in [3.8, 4) is 0 Å². The minimum Gasteiger partial charge on any atom is -0.377 e. The molecule has 118 valence electrons. The van der Waals surface area contributed by atoms with E-state index in [-0.39, 0.29) is 10.8 Å². The molecule has 0 aromatic heterocycles. The molecular weight excluding hydrogens is 268 g/mol. The van der Waals surface area contributed by atoms with Crippen molar-refractivity contribution in [2.75, 3.05) is 44.3 Å². The van der Waals surface area contributed by atoms with Gasteiger partial charge in [-0.1, -0.05) is 20.8 Å². The lowest BCUT2D eigenvalue weighted by atomic mass is 9.66. The summed E-state index contributed by atoms with van der Waals surface area (Å²) >= 11 is 2.06. The van der Waals surface area contributed by atoms with E-state index in [1.807, 2.05) is 0 Å². The number of rotatable bonds is 5. The van der Waals surface area contributed by atoms with Crippen molar-refractivity contribution in [1.29, 1.82) is 0 Å². The highest BCUT2D eigenvalue weighted by atomic mass is 32.2. The number of nitrogens with zero attached hydrogens (tertiary/aromatic N) is 1. The molecule has 4 heteroatoms. The summed E-state index contributed by atoms with van der Waals surface area (Å²) in [7, 11) is 0. The zero-order chi connectivity index (χ0) is 14.6. The topological polar surface area (TPSA) is 38.5 Å². The molecule has 0 amide bonds. The fourth-order valence-electron chi connectivity index (χ4n) is 3.43. The van der Waals surface area contributed by atoms with E-state index >= 15 is 0 Å². The van der Waals surface area contributed by atoms with Crippen molar-refractivity contribution < 1.29 is 4.74 Å². The van der Waals surface area contributed by atoms with Crippen LogP contribution in [0, 0.1) is 10.8 Å². The van der Waals surface area contributed by atoms with Crippen molar-refractivity contribution in [3.63, 3.8) is 0 Å². The van der Waals surface area contributed by atoms with Crippen LogP contribution in [-0.2, 0) is 4.74 Å². The highest BCUT2D eigenvalue weighted by Gasteiger charge is 2.45. The first-order valence-electron chi connectivity index (χ1n) is 8.09. The van der Waals surface area contributed by atoms with Crippen LogP contribution in [-0.4, -0.2) is 55.3 Å². The number of thioether (sulfide) groups is 1. The minimum absolute atomic E-state index is 0.286. The fourth-order valence-corrected chi connectivity index (χ4v) is 4.49. The van der Waals surface area contributed by atoms with E-state index in [0.717, 1.165) is 26.2 Å². The average Bonchev–Trinajstić information content (AvgIpc) is 2.84. The lowest BCUT2D eigenvalue weighted by Gasteiger charge is -2.41. The monoisotopic (exact) mass is 300 g/mol. The maximum absolute atomic E-state index is 6.10. The summed E-state index contributed by atoms with van der Waals surface area (Å²) in [6.07, 6.45) is 4.21. The van der Waals surface area contributed by atoms with Gasteiger partial charge in [-0.05, 0) is 49.3 Å². The van der Waals surface area contributed by atoms with E-state index in [4.69, 9.17) is 10.5 Å². The summed E-state index contributed by atoms with van der Waals surface area (Å²) < 4.78 is 6.05. The second kappa shape index (κ2) is 6.99. The van der Waals surface area contributed by atoms with Crippen LogP contribution in [0.3, 0.4) is 0 Å². The molecule has 20 heavy (non-hydrogen) atoms. The Morgan fingerprint density at radius 3 is 2.55 bits per heavy atom. The van der Waals surface area contributed by atoms with E-state index < -0.39 is 0 Å². The highest BCUT2D eigenvalue weighted by molar-refractivity contribution is 7.99. The zero-order valence-corrected chi connectivity index (χ0v) is 14.3. The van der Waals surface area contributed by atoms with Gasteiger partial charge in [0.2, 0.25) is 0 Å². The van der Waals surface area contributed by atoms with E-state index in [9.17, 15) is 0 Å². The van der Waals surface area contributed by atoms with E-state index in [1.54, 1.807) is 0 Å². The number of nitrogens with two attached hydrogens (primary N) is 1. The normalized spacial score (nSPS) is 30.0. The average molecular weight is 301 g/mol. The molecule has 0 saturated carbocycles. The van der Waals surface area contributed by atoms with Gasteiger partial charge < -0.3 is 15.4 Å². The van der Waals surface area contributed by atoms with Gasteiger partial charge in [-0.15, -0.1) is 0 Å². The SMILES string of the molecule is CC(C)(C)C1(CN)CCN(CCOC2CCSCC2)C1. The lowest BCUT2D eigenvalue weighted by Crippen LogP contribution is -2.44. The van der Waals surface area contributed by atoms with Crippen LogP contribution in [0.25, 0.3) is 0 Å². The first kappa shape index (κ1) is 16.6. The van der Waals surface area contributed by atoms with Crippen LogP contribution in [0.2, 0.25) is 0 Å².